The summed E-state index contributed by atoms with van der Waals surface area (Å²) in [6.45, 7) is 4.55. The monoisotopic (exact) mass is 495 g/mol. The van der Waals surface area contributed by atoms with Crippen LogP contribution in [0.5, 0.6) is 11.5 Å². The molecule has 0 spiro atoms. The molecule has 0 saturated heterocycles. The van der Waals surface area contributed by atoms with E-state index in [1.165, 1.54) is 0 Å². The Morgan fingerprint density at radius 2 is 1.65 bits per heavy atom. The summed E-state index contributed by atoms with van der Waals surface area (Å²) < 4.78 is 12.7. The molecule has 188 valence electrons. The van der Waals surface area contributed by atoms with Gasteiger partial charge in [0.25, 0.3) is 5.91 Å². The Balaban J connectivity index is 1.56. The fourth-order valence-corrected chi connectivity index (χ4v) is 4.46. The zero-order chi connectivity index (χ0) is 26.1. The van der Waals surface area contributed by atoms with E-state index in [1.807, 2.05) is 79.1 Å². The first-order valence-electron chi connectivity index (χ1n) is 12.0. The first kappa shape index (κ1) is 24.1. The lowest BCUT2D eigenvalue weighted by Crippen LogP contribution is -2.15. The second-order valence-electron chi connectivity index (χ2n) is 8.99. The molecule has 2 aromatic heterocycles. The Morgan fingerprint density at radius 3 is 2.35 bits per heavy atom. The van der Waals surface area contributed by atoms with Crippen LogP contribution in [0.1, 0.15) is 27.0 Å². The average molecular weight is 496 g/mol. The van der Waals surface area contributed by atoms with Crippen molar-refractivity contribution in [3.05, 3.63) is 82.9 Å². The minimum atomic E-state index is -0.319. The predicted octanol–water partition coefficient (Wildman–Crippen LogP) is 5.30. The molecule has 0 aliphatic carbocycles. The van der Waals surface area contributed by atoms with Gasteiger partial charge < -0.3 is 25.1 Å². The van der Waals surface area contributed by atoms with E-state index in [4.69, 9.17) is 25.2 Å². The van der Waals surface area contributed by atoms with Crippen molar-refractivity contribution >= 4 is 39.6 Å². The van der Waals surface area contributed by atoms with Gasteiger partial charge >= 0.3 is 0 Å². The van der Waals surface area contributed by atoms with Crippen LogP contribution in [0.4, 0.5) is 11.5 Å². The highest BCUT2D eigenvalue weighted by Crippen LogP contribution is 2.31. The lowest BCUT2D eigenvalue weighted by Gasteiger charge is -2.11. The molecule has 0 radical (unpaired) electrons. The van der Waals surface area contributed by atoms with Crippen molar-refractivity contribution in [1.82, 2.24) is 14.5 Å². The highest BCUT2D eigenvalue weighted by molar-refractivity contribution is 6.16. The Hall–Kier alpha value is -4.59. The first-order valence-corrected chi connectivity index (χ1v) is 12.0. The molecule has 0 bridgehead atoms. The number of hydrogen-bond donors (Lipinski definition) is 2. The summed E-state index contributed by atoms with van der Waals surface area (Å²) in [4.78, 5) is 23.2. The van der Waals surface area contributed by atoms with E-state index in [0.717, 1.165) is 22.2 Å². The molecule has 8 nitrogen and oxygen atoms in total. The van der Waals surface area contributed by atoms with E-state index in [2.05, 4.69) is 5.32 Å². The third kappa shape index (κ3) is 4.53. The third-order valence-electron chi connectivity index (χ3n) is 6.66. The zero-order valence-electron chi connectivity index (χ0n) is 21.3. The standard InChI is InChI=1S/C29H29N5O3/c1-17-9-11-20(15-18(17)2)31-29(35)25-26-28(33-22-8-6-5-7-21(22)32-26)34(27(25)30)14-13-19-10-12-23(36-3)24(16-19)37-4/h5-12,15-16H,13-14,30H2,1-4H3,(H,31,35). The van der Waals surface area contributed by atoms with Crippen molar-refractivity contribution in [1.29, 1.82) is 0 Å². The summed E-state index contributed by atoms with van der Waals surface area (Å²) in [5.74, 6) is 1.33. The van der Waals surface area contributed by atoms with Crippen LogP contribution in [0.15, 0.2) is 60.7 Å². The van der Waals surface area contributed by atoms with Gasteiger partial charge in [0.1, 0.15) is 16.9 Å². The Kier molecular flexibility index (Phi) is 6.40. The smallest absolute Gasteiger partial charge is 0.261 e. The van der Waals surface area contributed by atoms with Crippen molar-refractivity contribution in [3.63, 3.8) is 0 Å². The predicted molar refractivity (Wildman–Crippen MR) is 147 cm³/mol. The van der Waals surface area contributed by atoms with Crippen molar-refractivity contribution in [2.45, 2.75) is 26.8 Å². The number of carbonyl (C=O) groups is 1. The van der Waals surface area contributed by atoms with Crippen LogP contribution in [0, 0.1) is 13.8 Å². The molecule has 3 N–H and O–H groups in total. The molecule has 3 aromatic carbocycles. The summed E-state index contributed by atoms with van der Waals surface area (Å²) in [5.41, 5.74) is 13.4. The van der Waals surface area contributed by atoms with Gasteiger partial charge in [0.05, 0.1) is 25.3 Å². The average Bonchev–Trinajstić information content (AvgIpc) is 3.17. The van der Waals surface area contributed by atoms with Crippen molar-refractivity contribution in [2.75, 3.05) is 25.3 Å². The van der Waals surface area contributed by atoms with Gasteiger partial charge in [-0.15, -0.1) is 0 Å². The van der Waals surface area contributed by atoms with Crippen LogP contribution in [0.25, 0.3) is 22.2 Å². The summed E-state index contributed by atoms with van der Waals surface area (Å²) in [6.07, 6.45) is 0.640. The summed E-state index contributed by atoms with van der Waals surface area (Å²) in [7, 11) is 3.22. The number of aryl methyl sites for hydroxylation is 4. The molecule has 0 fully saturated rings. The van der Waals surface area contributed by atoms with Gasteiger partial charge in [-0.3, -0.25) is 4.79 Å². The molecule has 5 aromatic rings. The highest BCUT2D eigenvalue weighted by Gasteiger charge is 2.24. The number of nitrogens with zero attached hydrogens (tertiary/aromatic N) is 3. The number of hydrogen-bond acceptors (Lipinski definition) is 6. The van der Waals surface area contributed by atoms with E-state index in [9.17, 15) is 4.79 Å². The number of rotatable bonds is 7. The molecule has 37 heavy (non-hydrogen) atoms. The van der Waals surface area contributed by atoms with Gasteiger partial charge in [-0.1, -0.05) is 24.3 Å². The highest BCUT2D eigenvalue weighted by atomic mass is 16.5. The number of fused-ring (bicyclic) bond motifs is 2. The number of nitrogens with two attached hydrogens (primary N) is 1. The van der Waals surface area contributed by atoms with E-state index in [0.29, 0.717) is 58.2 Å². The maximum absolute atomic E-state index is 13.5. The Labute approximate surface area is 215 Å². The lowest BCUT2D eigenvalue weighted by molar-refractivity contribution is 0.102. The number of anilines is 2. The van der Waals surface area contributed by atoms with Crippen molar-refractivity contribution in [2.24, 2.45) is 0 Å². The molecule has 0 aliphatic heterocycles. The molecule has 0 atom stereocenters. The molecule has 5 rings (SSSR count). The molecule has 0 aliphatic rings. The van der Waals surface area contributed by atoms with E-state index < -0.39 is 0 Å². The number of methoxy groups -OCH3 is 2. The second kappa shape index (κ2) is 9.81. The number of benzene rings is 3. The number of nitrogen functional groups attached to an aromatic ring is 1. The Bertz CT molecular complexity index is 1640. The summed E-state index contributed by atoms with van der Waals surface area (Å²) >= 11 is 0. The van der Waals surface area contributed by atoms with Gasteiger partial charge in [0.2, 0.25) is 0 Å². The molecular weight excluding hydrogens is 466 g/mol. The van der Waals surface area contributed by atoms with Crippen LogP contribution in [-0.2, 0) is 13.0 Å². The van der Waals surface area contributed by atoms with E-state index >= 15 is 0 Å². The van der Waals surface area contributed by atoms with E-state index in [1.54, 1.807) is 14.2 Å². The summed E-state index contributed by atoms with van der Waals surface area (Å²) in [6, 6.07) is 19.2. The zero-order valence-corrected chi connectivity index (χ0v) is 21.3. The molecule has 0 unspecified atom stereocenters. The molecular formula is C29H29N5O3. The molecule has 2 heterocycles. The van der Waals surface area contributed by atoms with E-state index in [-0.39, 0.29) is 5.91 Å². The van der Waals surface area contributed by atoms with Crippen LogP contribution < -0.4 is 20.5 Å². The lowest BCUT2D eigenvalue weighted by atomic mass is 10.1. The molecule has 8 heteroatoms. The van der Waals surface area contributed by atoms with Crippen LogP contribution in [0.3, 0.4) is 0 Å². The van der Waals surface area contributed by atoms with Gasteiger partial charge in [-0.2, -0.15) is 0 Å². The first-order chi connectivity index (χ1) is 17.9. The number of ether oxygens (including phenoxy) is 2. The topological polar surface area (TPSA) is 104 Å². The van der Waals surface area contributed by atoms with Crippen LogP contribution in [0.2, 0.25) is 0 Å². The SMILES string of the molecule is COc1ccc(CCn2c(N)c(C(=O)Nc3ccc(C)c(C)c3)c3nc4ccccc4nc32)cc1OC. The fraction of sp³-hybridized carbons (Fsp3) is 0.207. The van der Waals surface area contributed by atoms with Gasteiger partial charge in [0, 0.05) is 12.2 Å². The van der Waals surface area contributed by atoms with Crippen molar-refractivity contribution < 1.29 is 14.3 Å². The van der Waals surface area contributed by atoms with Gasteiger partial charge in [-0.25, -0.2) is 9.97 Å². The van der Waals surface area contributed by atoms with Crippen LogP contribution >= 0.6 is 0 Å². The normalized spacial score (nSPS) is 11.1. The third-order valence-corrected chi connectivity index (χ3v) is 6.66. The number of aromatic nitrogens is 3. The largest absolute Gasteiger partial charge is 0.493 e. The maximum atomic E-state index is 13.5. The molecule has 0 saturated carbocycles. The van der Waals surface area contributed by atoms with Crippen molar-refractivity contribution in [3.8, 4) is 11.5 Å². The minimum Gasteiger partial charge on any atom is -0.493 e. The maximum Gasteiger partial charge on any atom is 0.261 e. The van der Waals surface area contributed by atoms with Crippen LogP contribution in [-0.4, -0.2) is 34.7 Å². The number of amides is 1. The van der Waals surface area contributed by atoms with Gasteiger partial charge in [0.15, 0.2) is 17.1 Å². The quantitative estimate of drug-likeness (QED) is 0.318. The Morgan fingerprint density at radius 1 is 0.919 bits per heavy atom. The fourth-order valence-electron chi connectivity index (χ4n) is 4.46. The van der Waals surface area contributed by atoms with Gasteiger partial charge in [-0.05, 0) is 73.4 Å². The number of carbonyl (C=O) groups excluding carboxylic acids is 1. The molecule has 1 amide bonds. The summed E-state index contributed by atoms with van der Waals surface area (Å²) in [5, 5.41) is 2.99. The number of nitrogens with one attached hydrogen (secondary N) is 1. The number of para-hydroxylation sites is 2. The second-order valence-corrected chi connectivity index (χ2v) is 8.99. The minimum absolute atomic E-state index is 0.318.